The molecule has 1 atom stereocenters. The molecule has 0 aliphatic carbocycles. The molecule has 0 aromatic rings. The summed E-state index contributed by atoms with van der Waals surface area (Å²) in [6.07, 6.45) is -0.394. The molecule has 0 aromatic heterocycles. The molecular weight excluding hydrogens is 122 g/mol. The van der Waals surface area contributed by atoms with E-state index in [1.807, 2.05) is 0 Å². The summed E-state index contributed by atoms with van der Waals surface area (Å²) < 4.78 is 9.35. The summed E-state index contributed by atoms with van der Waals surface area (Å²) >= 11 is 0. The van der Waals surface area contributed by atoms with Gasteiger partial charge in [0, 0.05) is 6.54 Å². The third-order valence-corrected chi connectivity index (χ3v) is 1.18. The third kappa shape index (κ3) is 1.40. The van der Waals surface area contributed by atoms with Gasteiger partial charge in [-0.3, -0.25) is 5.32 Å². The standard InChI is InChI=1S/C5H9NO3/c1-8-5(7)4-2-6-3-9-4/h4,6H,2-3H2,1H3. The van der Waals surface area contributed by atoms with Gasteiger partial charge in [0.05, 0.1) is 13.8 Å². The van der Waals surface area contributed by atoms with Gasteiger partial charge < -0.3 is 9.47 Å². The van der Waals surface area contributed by atoms with Crippen LogP contribution in [0.5, 0.6) is 0 Å². The molecule has 52 valence electrons. The van der Waals surface area contributed by atoms with Crippen LogP contribution in [0.25, 0.3) is 0 Å². The Labute approximate surface area is 53.1 Å². The van der Waals surface area contributed by atoms with Gasteiger partial charge in [-0.15, -0.1) is 0 Å². The lowest BCUT2D eigenvalue weighted by Gasteiger charge is -2.02. The monoisotopic (exact) mass is 131 g/mol. The summed E-state index contributed by atoms with van der Waals surface area (Å²) in [5.41, 5.74) is 0. The van der Waals surface area contributed by atoms with Gasteiger partial charge in [-0.2, -0.15) is 0 Å². The normalized spacial score (nSPS) is 26.1. The fraction of sp³-hybridized carbons (Fsp3) is 0.800. The van der Waals surface area contributed by atoms with Crippen molar-refractivity contribution in [3.8, 4) is 0 Å². The van der Waals surface area contributed by atoms with E-state index >= 15 is 0 Å². The summed E-state index contributed by atoms with van der Waals surface area (Å²) in [4.78, 5) is 10.6. The predicted octanol–water partition coefficient (Wildman–Crippen LogP) is -0.895. The molecule has 9 heavy (non-hydrogen) atoms. The molecular formula is C5H9NO3. The number of hydrogen-bond acceptors (Lipinski definition) is 4. The molecule has 4 nitrogen and oxygen atoms in total. The van der Waals surface area contributed by atoms with E-state index in [2.05, 4.69) is 10.1 Å². The van der Waals surface area contributed by atoms with Gasteiger partial charge in [-0.25, -0.2) is 4.79 Å². The van der Waals surface area contributed by atoms with Crippen LogP contribution in [-0.4, -0.2) is 32.5 Å². The van der Waals surface area contributed by atoms with Crippen LogP contribution in [-0.2, 0) is 14.3 Å². The molecule has 1 fully saturated rings. The molecule has 1 aliphatic heterocycles. The van der Waals surface area contributed by atoms with E-state index in [9.17, 15) is 4.79 Å². The van der Waals surface area contributed by atoms with Gasteiger partial charge in [-0.05, 0) is 0 Å². The quantitative estimate of drug-likeness (QED) is 0.469. The average molecular weight is 131 g/mol. The molecule has 0 amide bonds. The highest BCUT2D eigenvalue weighted by molar-refractivity contribution is 5.75. The molecule has 4 heteroatoms. The molecule has 1 N–H and O–H groups in total. The maximum absolute atomic E-state index is 10.6. The van der Waals surface area contributed by atoms with Crippen molar-refractivity contribution in [1.82, 2.24) is 5.32 Å². The Morgan fingerprint density at radius 1 is 1.89 bits per heavy atom. The molecule has 0 aromatic carbocycles. The minimum atomic E-state index is -0.394. The van der Waals surface area contributed by atoms with E-state index in [0.29, 0.717) is 13.3 Å². The zero-order chi connectivity index (χ0) is 6.69. The van der Waals surface area contributed by atoms with Crippen molar-refractivity contribution in [2.24, 2.45) is 0 Å². The van der Waals surface area contributed by atoms with E-state index in [4.69, 9.17) is 4.74 Å². The van der Waals surface area contributed by atoms with Gasteiger partial charge >= 0.3 is 5.97 Å². The average Bonchev–Trinajstić information content (AvgIpc) is 2.37. The maximum atomic E-state index is 10.6. The van der Waals surface area contributed by atoms with E-state index in [-0.39, 0.29) is 5.97 Å². The highest BCUT2D eigenvalue weighted by Gasteiger charge is 2.23. The Morgan fingerprint density at radius 2 is 2.67 bits per heavy atom. The van der Waals surface area contributed by atoms with Crippen LogP contribution in [0.4, 0.5) is 0 Å². The number of carbonyl (C=O) groups is 1. The van der Waals surface area contributed by atoms with Crippen molar-refractivity contribution in [3.63, 3.8) is 0 Å². The van der Waals surface area contributed by atoms with Crippen LogP contribution < -0.4 is 5.32 Å². The Hall–Kier alpha value is -0.610. The van der Waals surface area contributed by atoms with Crippen molar-refractivity contribution < 1.29 is 14.3 Å². The Morgan fingerprint density at radius 3 is 3.11 bits per heavy atom. The summed E-state index contributed by atoms with van der Waals surface area (Å²) in [6.45, 7) is 1.01. The first-order valence-corrected chi connectivity index (χ1v) is 2.74. The molecule has 1 saturated heterocycles. The van der Waals surface area contributed by atoms with Crippen molar-refractivity contribution in [3.05, 3.63) is 0 Å². The predicted molar refractivity (Wildman–Crippen MR) is 29.8 cm³/mol. The van der Waals surface area contributed by atoms with E-state index in [0.717, 1.165) is 0 Å². The lowest BCUT2D eigenvalue weighted by molar-refractivity contribution is -0.150. The fourth-order valence-electron chi connectivity index (χ4n) is 0.691. The van der Waals surface area contributed by atoms with Gasteiger partial charge in [0.2, 0.25) is 0 Å². The zero-order valence-corrected chi connectivity index (χ0v) is 5.22. The minimum Gasteiger partial charge on any atom is -0.467 e. The molecule has 0 radical (unpaired) electrons. The first kappa shape index (κ1) is 6.51. The second kappa shape index (κ2) is 2.80. The number of rotatable bonds is 1. The number of carbonyl (C=O) groups excluding carboxylic acids is 1. The van der Waals surface area contributed by atoms with E-state index < -0.39 is 6.10 Å². The fourth-order valence-corrected chi connectivity index (χ4v) is 0.691. The minimum absolute atomic E-state index is 0.306. The molecule has 1 aliphatic rings. The summed E-state index contributed by atoms with van der Waals surface area (Å²) in [5, 5.41) is 2.86. The zero-order valence-electron chi connectivity index (χ0n) is 5.22. The van der Waals surface area contributed by atoms with Gasteiger partial charge in [0.15, 0.2) is 6.10 Å². The lowest BCUT2D eigenvalue weighted by Crippen LogP contribution is -2.25. The molecule has 1 heterocycles. The number of hydrogen-bond donors (Lipinski definition) is 1. The summed E-state index contributed by atoms with van der Waals surface area (Å²) in [7, 11) is 1.35. The van der Waals surface area contributed by atoms with Crippen LogP contribution in [0.2, 0.25) is 0 Å². The van der Waals surface area contributed by atoms with E-state index in [1.54, 1.807) is 0 Å². The molecule has 0 spiro atoms. The topological polar surface area (TPSA) is 47.6 Å². The number of nitrogens with one attached hydrogen (secondary N) is 1. The number of esters is 1. The first-order chi connectivity index (χ1) is 4.34. The van der Waals surface area contributed by atoms with Crippen LogP contribution >= 0.6 is 0 Å². The lowest BCUT2D eigenvalue weighted by atomic mass is 10.4. The number of methoxy groups -OCH3 is 1. The largest absolute Gasteiger partial charge is 0.467 e. The van der Waals surface area contributed by atoms with Crippen LogP contribution in [0, 0.1) is 0 Å². The second-order valence-corrected chi connectivity index (χ2v) is 1.78. The smallest absolute Gasteiger partial charge is 0.336 e. The van der Waals surface area contributed by atoms with Crippen LogP contribution in [0.15, 0.2) is 0 Å². The SMILES string of the molecule is COC(=O)C1CNCO1. The Balaban J connectivity index is 2.32. The van der Waals surface area contributed by atoms with Gasteiger partial charge in [-0.1, -0.05) is 0 Å². The maximum Gasteiger partial charge on any atom is 0.336 e. The first-order valence-electron chi connectivity index (χ1n) is 2.74. The van der Waals surface area contributed by atoms with Crippen molar-refractivity contribution in [1.29, 1.82) is 0 Å². The van der Waals surface area contributed by atoms with Crippen LogP contribution in [0.1, 0.15) is 0 Å². The number of ether oxygens (including phenoxy) is 2. The van der Waals surface area contributed by atoms with Crippen molar-refractivity contribution in [2.75, 3.05) is 20.4 Å². The molecule has 1 unspecified atom stereocenters. The molecule has 0 saturated carbocycles. The molecule has 1 rings (SSSR count). The highest BCUT2D eigenvalue weighted by Crippen LogP contribution is 1.97. The third-order valence-electron chi connectivity index (χ3n) is 1.18. The highest BCUT2D eigenvalue weighted by atomic mass is 16.6. The van der Waals surface area contributed by atoms with Crippen molar-refractivity contribution in [2.45, 2.75) is 6.10 Å². The summed E-state index contributed by atoms with van der Waals surface area (Å²) in [6, 6.07) is 0. The second-order valence-electron chi connectivity index (χ2n) is 1.78. The Kier molecular flexibility index (Phi) is 2.02. The Bertz CT molecular complexity index is 109. The molecule has 0 bridgehead atoms. The van der Waals surface area contributed by atoms with Crippen molar-refractivity contribution >= 4 is 5.97 Å². The van der Waals surface area contributed by atoms with Gasteiger partial charge in [0.25, 0.3) is 0 Å². The van der Waals surface area contributed by atoms with Crippen LogP contribution in [0.3, 0.4) is 0 Å². The summed E-state index contributed by atoms with van der Waals surface area (Å²) in [5.74, 6) is -0.306. The van der Waals surface area contributed by atoms with Gasteiger partial charge in [0.1, 0.15) is 0 Å². The van der Waals surface area contributed by atoms with E-state index in [1.165, 1.54) is 7.11 Å².